The van der Waals surface area contributed by atoms with Crippen LogP contribution in [0.5, 0.6) is 11.5 Å². The molecule has 4 aliphatic rings. The Morgan fingerprint density at radius 3 is 2.38 bits per heavy atom. The SMILES string of the molecule is CCOc1cc(/C=N\N2C(=O)[C@@H]3[C@@H](C2=O)[C@H]2C=C[C@H]3CC2)cc(Br)c1O. The minimum atomic E-state index is -0.270. The maximum atomic E-state index is 12.7. The van der Waals surface area contributed by atoms with Crippen LogP contribution < -0.4 is 4.74 Å². The van der Waals surface area contributed by atoms with E-state index < -0.39 is 0 Å². The van der Waals surface area contributed by atoms with Gasteiger partial charge in [0, 0.05) is 0 Å². The average molecular weight is 419 g/mol. The number of carbonyl (C=O) groups excluding carboxylic acids is 2. The summed E-state index contributed by atoms with van der Waals surface area (Å²) in [5, 5.41) is 15.2. The Bertz CT molecular complexity index is 803. The van der Waals surface area contributed by atoms with Crippen molar-refractivity contribution in [3.05, 3.63) is 34.3 Å². The number of benzene rings is 1. The van der Waals surface area contributed by atoms with Gasteiger partial charge in [0.25, 0.3) is 11.8 Å². The predicted octanol–water partition coefficient (Wildman–Crippen LogP) is 3.08. The highest BCUT2D eigenvalue weighted by Gasteiger charge is 2.56. The van der Waals surface area contributed by atoms with Crippen molar-refractivity contribution in [1.29, 1.82) is 0 Å². The van der Waals surface area contributed by atoms with Gasteiger partial charge in [0.2, 0.25) is 0 Å². The first-order valence-corrected chi connectivity index (χ1v) is 9.56. The highest BCUT2D eigenvalue weighted by atomic mass is 79.9. The molecule has 7 heteroatoms. The summed E-state index contributed by atoms with van der Waals surface area (Å²) >= 11 is 3.27. The smallest absolute Gasteiger partial charge is 0.254 e. The minimum absolute atomic E-state index is 0.00555. The van der Waals surface area contributed by atoms with Crippen molar-refractivity contribution < 1.29 is 19.4 Å². The molecule has 2 amide bonds. The maximum absolute atomic E-state index is 12.7. The van der Waals surface area contributed by atoms with Crippen LogP contribution >= 0.6 is 15.9 Å². The highest BCUT2D eigenvalue weighted by molar-refractivity contribution is 9.10. The third-order valence-corrected chi connectivity index (χ3v) is 6.01. The summed E-state index contributed by atoms with van der Waals surface area (Å²) < 4.78 is 5.85. The monoisotopic (exact) mass is 418 g/mol. The number of hydrazone groups is 1. The van der Waals surface area contributed by atoms with Crippen molar-refractivity contribution >= 4 is 34.0 Å². The van der Waals surface area contributed by atoms with Gasteiger partial charge in [-0.05, 0) is 65.2 Å². The minimum Gasteiger partial charge on any atom is -0.503 e. The number of phenols is 1. The lowest BCUT2D eigenvalue weighted by molar-refractivity contribution is -0.140. The Balaban J connectivity index is 1.60. The number of hydrogen-bond acceptors (Lipinski definition) is 5. The van der Waals surface area contributed by atoms with E-state index in [0.717, 1.165) is 17.9 Å². The number of nitrogens with zero attached hydrogens (tertiary/aromatic N) is 2. The molecule has 1 saturated carbocycles. The molecular weight excluding hydrogens is 400 g/mol. The van der Waals surface area contributed by atoms with Gasteiger partial charge in [-0.2, -0.15) is 10.1 Å². The average Bonchev–Trinajstić information content (AvgIpc) is 2.91. The van der Waals surface area contributed by atoms with Crippen LogP contribution in [0.15, 0.2) is 33.9 Å². The van der Waals surface area contributed by atoms with Gasteiger partial charge in [-0.25, -0.2) is 0 Å². The predicted molar refractivity (Wildman–Crippen MR) is 98.8 cm³/mol. The third-order valence-electron chi connectivity index (χ3n) is 5.41. The number of aromatic hydroxyl groups is 1. The number of rotatable bonds is 4. The van der Waals surface area contributed by atoms with Crippen LogP contribution in [0, 0.1) is 23.7 Å². The van der Waals surface area contributed by atoms with E-state index in [-0.39, 0.29) is 41.2 Å². The molecule has 0 spiro atoms. The van der Waals surface area contributed by atoms with E-state index in [1.54, 1.807) is 12.1 Å². The number of imide groups is 1. The molecule has 1 aromatic carbocycles. The molecule has 0 unspecified atom stereocenters. The standard InChI is InChI=1S/C19H19BrN2O4/c1-2-26-14-8-10(7-13(20)17(14)23)9-21-22-18(24)15-11-3-4-12(6-5-11)16(15)19(22)25/h3-4,7-9,11-12,15-16,23H,2,5-6H2,1H3/b21-9-/t11-,12-,15-,16-/m0/s1. The fourth-order valence-corrected chi connectivity index (χ4v) is 4.69. The zero-order chi connectivity index (χ0) is 18.4. The van der Waals surface area contributed by atoms with Gasteiger partial charge in [-0.15, -0.1) is 0 Å². The highest BCUT2D eigenvalue weighted by Crippen LogP contribution is 2.49. The molecule has 1 N–H and O–H groups in total. The quantitative estimate of drug-likeness (QED) is 0.462. The van der Waals surface area contributed by atoms with E-state index in [2.05, 4.69) is 33.2 Å². The first-order chi connectivity index (χ1) is 12.5. The molecule has 1 heterocycles. The Labute approximate surface area is 159 Å². The van der Waals surface area contributed by atoms with Crippen molar-refractivity contribution in [3.8, 4) is 11.5 Å². The topological polar surface area (TPSA) is 79.2 Å². The lowest BCUT2D eigenvalue weighted by Gasteiger charge is -2.37. The summed E-state index contributed by atoms with van der Waals surface area (Å²) in [6.07, 6.45) is 7.54. The third kappa shape index (κ3) is 2.65. The Morgan fingerprint density at radius 1 is 1.23 bits per heavy atom. The number of phenolic OH excluding ortho intramolecular Hbond substituents is 1. The van der Waals surface area contributed by atoms with Gasteiger partial charge in [-0.3, -0.25) is 9.59 Å². The zero-order valence-electron chi connectivity index (χ0n) is 14.3. The maximum Gasteiger partial charge on any atom is 0.254 e. The van der Waals surface area contributed by atoms with Crippen molar-refractivity contribution in [2.24, 2.45) is 28.8 Å². The number of allylic oxidation sites excluding steroid dienone is 2. The molecule has 2 bridgehead atoms. The van der Waals surface area contributed by atoms with Crippen LogP contribution in [-0.2, 0) is 9.59 Å². The summed E-state index contributed by atoms with van der Waals surface area (Å²) in [5.41, 5.74) is 0.620. The van der Waals surface area contributed by atoms with E-state index in [1.165, 1.54) is 6.21 Å². The second-order valence-corrected chi connectivity index (χ2v) is 7.71. The summed E-state index contributed by atoms with van der Waals surface area (Å²) in [5.74, 6) is -0.341. The number of carbonyl (C=O) groups is 2. The molecule has 1 saturated heterocycles. The number of halogens is 1. The fourth-order valence-electron chi connectivity index (χ4n) is 4.23. The lowest BCUT2D eigenvalue weighted by atomic mass is 9.63. The van der Waals surface area contributed by atoms with Gasteiger partial charge in [0.05, 0.1) is 29.1 Å². The van der Waals surface area contributed by atoms with Gasteiger partial charge in [0.15, 0.2) is 11.5 Å². The molecule has 26 heavy (non-hydrogen) atoms. The molecule has 5 rings (SSSR count). The van der Waals surface area contributed by atoms with E-state index in [1.807, 2.05) is 6.92 Å². The molecule has 4 atom stereocenters. The van der Waals surface area contributed by atoms with Crippen LogP contribution in [-0.4, -0.2) is 34.8 Å². The van der Waals surface area contributed by atoms with Gasteiger partial charge in [-0.1, -0.05) is 12.2 Å². The van der Waals surface area contributed by atoms with Crippen molar-refractivity contribution in [3.63, 3.8) is 0 Å². The molecule has 0 aromatic heterocycles. The molecule has 3 aliphatic carbocycles. The molecule has 1 aliphatic heterocycles. The number of amides is 2. The zero-order valence-corrected chi connectivity index (χ0v) is 15.8. The number of fused-ring (bicyclic) bond motifs is 1. The van der Waals surface area contributed by atoms with Crippen LogP contribution in [0.4, 0.5) is 0 Å². The Morgan fingerprint density at radius 2 is 1.85 bits per heavy atom. The van der Waals surface area contributed by atoms with Gasteiger partial charge in [0.1, 0.15) is 0 Å². The van der Waals surface area contributed by atoms with Crippen LogP contribution in [0.1, 0.15) is 25.3 Å². The van der Waals surface area contributed by atoms with Gasteiger partial charge >= 0.3 is 0 Å². The summed E-state index contributed by atoms with van der Waals surface area (Å²) in [6.45, 7) is 2.22. The molecule has 136 valence electrons. The molecule has 0 radical (unpaired) electrons. The van der Waals surface area contributed by atoms with Crippen molar-refractivity contribution in [2.75, 3.05) is 6.61 Å². The lowest BCUT2D eigenvalue weighted by Crippen LogP contribution is -2.38. The summed E-state index contributed by atoms with van der Waals surface area (Å²) in [4.78, 5) is 25.5. The molecule has 1 aromatic rings. The largest absolute Gasteiger partial charge is 0.503 e. The molecular formula is C19H19BrN2O4. The molecule has 6 nitrogen and oxygen atoms in total. The van der Waals surface area contributed by atoms with E-state index in [9.17, 15) is 14.7 Å². The normalized spacial score (nSPS) is 29.7. The second-order valence-electron chi connectivity index (χ2n) is 6.86. The summed E-state index contributed by atoms with van der Waals surface area (Å²) in [6, 6.07) is 3.28. The van der Waals surface area contributed by atoms with Crippen LogP contribution in [0.3, 0.4) is 0 Å². The molecule has 2 fully saturated rings. The number of hydrogen-bond donors (Lipinski definition) is 1. The first kappa shape index (κ1) is 17.3. The second kappa shape index (κ2) is 6.54. The van der Waals surface area contributed by atoms with E-state index in [4.69, 9.17) is 4.74 Å². The van der Waals surface area contributed by atoms with Crippen molar-refractivity contribution in [1.82, 2.24) is 5.01 Å². The van der Waals surface area contributed by atoms with Crippen LogP contribution in [0.2, 0.25) is 0 Å². The first-order valence-electron chi connectivity index (χ1n) is 8.76. The Kier molecular flexibility index (Phi) is 4.34. The van der Waals surface area contributed by atoms with E-state index >= 15 is 0 Å². The fraction of sp³-hybridized carbons (Fsp3) is 0.421. The summed E-state index contributed by atoms with van der Waals surface area (Å²) in [7, 11) is 0. The van der Waals surface area contributed by atoms with Crippen molar-refractivity contribution in [2.45, 2.75) is 19.8 Å². The van der Waals surface area contributed by atoms with Crippen LogP contribution in [0.25, 0.3) is 0 Å². The van der Waals surface area contributed by atoms with Gasteiger partial charge < -0.3 is 9.84 Å². The van der Waals surface area contributed by atoms with E-state index in [0.29, 0.717) is 22.4 Å². The Hall–Kier alpha value is -2.15. The number of ether oxygens (including phenoxy) is 1.